The number of nitrogens with one attached hydrogen (secondary N) is 1. The summed E-state index contributed by atoms with van der Waals surface area (Å²) in [7, 11) is 0. The zero-order valence-electron chi connectivity index (χ0n) is 17.9. The van der Waals surface area contributed by atoms with Gasteiger partial charge in [0.15, 0.2) is 0 Å². The summed E-state index contributed by atoms with van der Waals surface area (Å²) in [4.78, 5) is 28.3. The molecule has 1 atom stereocenters. The van der Waals surface area contributed by atoms with Gasteiger partial charge in [0.2, 0.25) is 5.91 Å². The Morgan fingerprint density at radius 1 is 1.28 bits per heavy atom. The van der Waals surface area contributed by atoms with E-state index in [2.05, 4.69) is 10.2 Å². The number of amides is 2. The van der Waals surface area contributed by atoms with Gasteiger partial charge in [-0.15, -0.1) is 0 Å². The van der Waals surface area contributed by atoms with Crippen molar-refractivity contribution < 1.29 is 27.5 Å². The smallest absolute Gasteiger partial charge is 0.370 e. The van der Waals surface area contributed by atoms with Gasteiger partial charge >= 0.3 is 6.18 Å². The molecule has 0 unspecified atom stereocenters. The van der Waals surface area contributed by atoms with Gasteiger partial charge in [-0.3, -0.25) is 14.5 Å². The molecule has 0 bridgehead atoms. The van der Waals surface area contributed by atoms with E-state index in [9.17, 15) is 22.8 Å². The van der Waals surface area contributed by atoms with Crippen LogP contribution in [0.5, 0.6) is 0 Å². The second-order valence-electron chi connectivity index (χ2n) is 8.79. The van der Waals surface area contributed by atoms with Crippen LogP contribution in [-0.4, -0.2) is 61.6 Å². The summed E-state index contributed by atoms with van der Waals surface area (Å²) in [5.74, 6) is -0.375. The van der Waals surface area contributed by atoms with Crippen LogP contribution in [0.4, 0.5) is 24.5 Å². The van der Waals surface area contributed by atoms with Crippen LogP contribution in [0.15, 0.2) is 18.2 Å². The maximum atomic E-state index is 13.8. The molecule has 3 fully saturated rings. The van der Waals surface area contributed by atoms with Gasteiger partial charge in [0, 0.05) is 31.4 Å². The van der Waals surface area contributed by atoms with E-state index in [1.165, 1.54) is 18.6 Å². The maximum Gasteiger partial charge on any atom is 0.418 e. The zero-order chi connectivity index (χ0) is 22.9. The monoisotopic (exact) mass is 454 g/mol. The van der Waals surface area contributed by atoms with Crippen molar-refractivity contribution in [1.82, 2.24) is 4.90 Å². The Morgan fingerprint density at radius 2 is 2.03 bits per heavy atom. The van der Waals surface area contributed by atoms with Crippen LogP contribution >= 0.6 is 0 Å². The molecule has 2 saturated carbocycles. The number of carbonyl (C=O) groups excluding carboxylic acids is 2. The van der Waals surface area contributed by atoms with E-state index >= 15 is 0 Å². The van der Waals surface area contributed by atoms with Crippen LogP contribution in [0, 0.1) is 5.92 Å². The fourth-order valence-electron chi connectivity index (χ4n) is 4.38. The number of morpholine rings is 1. The first-order valence-corrected chi connectivity index (χ1v) is 11.1. The quantitative estimate of drug-likeness (QED) is 0.631. The predicted molar refractivity (Wildman–Crippen MR) is 113 cm³/mol. The summed E-state index contributed by atoms with van der Waals surface area (Å²) in [5.41, 5.74) is 4.76. The third-order valence-electron chi connectivity index (χ3n) is 6.48. The minimum absolute atomic E-state index is 0.0321. The Hall–Kier alpha value is -2.17. The lowest BCUT2D eigenvalue weighted by atomic mass is 9.84. The lowest BCUT2D eigenvalue weighted by Crippen LogP contribution is -2.51. The maximum absolute atomic E-state index is 13.8. The predicted octanol–water partition coefficient (Wildman–Crippen LogP) is 2.60. The molecule has 0 aromatic heterocycles. The fraction of sp³-hybridized carbons (Fsp3) is 0.636. The Balaban J connectivity index is 1.53. The molecule has 1 heterocycles. The Labute approximate surface area is 185 Å². The van der Waals surface area contributed by atoms with Crippen molar-refractivity contribution in [3.63, 3.8) is 0 Å². The van der Waals surface area contributed by atoms with E-state index in [4.69, 9.17) is 10.5 Å². The van der Waals surface area contributed by atoms with Crippen molar-refractivity contribution >= 4 is 23.2 Å². The van der Waals surface area contributed by atoms with E-state index in [1.807, 2.05) is 0 Å². The number of nitrogens with two attached hydrogens (primary N) is 1. The minimum atomic E-state index is -4.69. The Morgan fingerprint density at radius 3 is 2.59 bits per heavy atom. The normalized spacial score (nSPS) is 20.9. The number of nitrogens with zero attached hydrogens (tertiary/aromatic N) is 2. The van der Waals surface area contributed by atoms with Crippen LogP contribution in [0.25, 0.3) is 0 Å². The van der Waals surface area contributed by atoms with Gasteiger partial charge in [0.1, 0.15) is 12.6 Å². The average Bonchev–Trinajstić information content (AvgIpc) is 3.54. The highest BCUT2D eigenvalue weighted by Gasteiger charge is 2.40. The Kier molecular flexibility index (Phi) is 6.73. The zero-order valence-corrected chi connectivity index (χ0v) is 17.9. The third-order valence-corrected chi connectivity index (χ3v) is 6.48. The minimum Gasteiger partial charge on any atom is -0.370 e. The number of benzene rings is 1. The molecule has 1 aliphatic heterocycles. The third kappa shape index (κ3) is 5.07. The number of halogens is 3. The number of hydrogen-bond acceptors (Lipinski definition) is 5. The Bertz CT molecular complexity index is 855. The molecule has 1 aromatic carbocycles. The molecule has 32 heavy (non-hydrogen) atoms. The molecule has 1 aromatic rings. The van der Waals surface area contributed by atoms with Crippen LogP contribution in [0.2, 0.25) is 0 Å². The first kappa shape index (κ1) is 23.0. The highest BCUT2D eigenvalue weighted by molar-refractivity contribution is 5.98. The summed E-state index contributed by atoms with van der Waals surface area (Å²) in [6, 6.07) is 3.24. The molecular formula is C22H29F3N4O3. The van der Waals surface area contributed by atoms with Gasteiger partial charge in [-0.25, -0.2) is 0 Å². The van der Waals surface area contributed by atoms with Crippen molar-refractivity contribution in [2.75, 3.05) is 43.1 Å². The largest absolute Gasteiger partial charge is 0.418 e. The highest BCUT2D eigenvalue weighted by atomic mass is 19.4. The molecule has 1 saturated heterocycles. The lowest BCUT2D eigenvalue weighted by Gasteiger charge is -2.36. The molecule has 0 radical (unpaired) electrons. The van der Waals surface area contributed by atoms with E-state index in [0.29, 0.717) is 12.0 Å². The molecule has 176 valence electrons. The number of ether oxygens (including phenoxy) is 1. The SMILES string of the molecule is NC[C@@H](C(=O)Nc1ccc(N2CCOCC2=O)c(C(F)(F)F)c1)N(CC1CCC1)C1CC1. The van der Waals surface area contributed by atoms with Crippen molar-refractivity contribution in [2.45, 2.75) is 50.4 Å². The van der Waals surface area contributed by atoms with E-state index in [1.54, 1.807) is 0 Å². The first-order valence-electron chi connectivity index (χ1n) is 11.1. The number of anilines is 2. The van der Waals surface area contributed by atoms with Crippen LogP contribution < -0.4 is 16.0 Å². The molecule has 7 nitrogen and oxygen atoms in total. The molecule has 10 heteroatoms. The van der Waals surface area contributed by atoms with Crippen LogP contribution in [0.1, 0.15) is 37.7 Å². The van der Waals surface area contributed by atoms with Crippen molar-refractivity contribution in [3.05, 3.63) is 23.8 Å². The fourth-order valence-corrected chi connectivity index (χ4v) is 4.38. The van der Waals surface area contributed by atoms with Gasteiger partial charge in [-0.2, -0.15) is 13.2 Å². The van der Waals surface area contributed by atoms with E-state index in [0.717, 1.165) is 43.2 Å². The summed E-state index contributed by atoms with van der Waals surface area (Å²) in [6.45, 7) is 0.845. The molecule has 4 rings (SSSR count). The lowest BCUT2D eigenvalue weighted by molar-refractivity contribution is -0.137. The van der Waals surface area contributed by atoms with Gasteiger partial charge in [0.25, 0.3) is 5.91 Å². The van der Waals surface area contributed by atoms with Crippen molar-refractivity contribution in [2.24, 2.45) is 11.7 Å². The van der Waals surface area contributed by atoms with Crippen molar-refractivity contribution in [1.29, 1.82) is 0 Å². The van der Waals surface area contributed by atoms with E-state index in [-0.39, 0.29) is 37.7 Å². The topological polar surface area (TPSA) is 87.9 Å². The molecule has 2 aliphatic carbocycles. The number of rotatable bonds is 8. The van der Waals surface area contributed by atoms with Crippen LogP contribution in [-0.2, 0) is 20.5 Å². The molecule has 3 aliphatic rings. The van der Waals surface area contributed by atoms with Crippen LogP contribution in [0.3, 0.4) is 0 Å². The summed E-state index contributed by atoms with van der Waals surface area (Å²) in [6.07, 6.45) is 0.804. The second-order valence-corrected chi connectivity index (χ2v) is 8.79. The molecule has 0 spiro atoms. The van der Waals surface area contributed by atoms with Gasteiger partial charge < -0.3 is 20.7 Å². The second kappa shape index (κ2) is 9.36. The van der Waals surface area contributed by atoms with Crippen molar-refractivity contribution in [3.8, 4) is 0 Å². The number of carbonyl (C=O) groups is 2. The average molecular weight is 454 g/mol. The summed E-state index contributed by atoms with van der Waals surface area (Å²) >= 11 is 0. The number of alkyl halides is 3. The van der Waals surface area contributed by atoms with Gasteiger partial charge in [0.05, 0.1) is 17.9 Å². The van der Waals surface area contributed by atoms with Gasteiger partial charge in [-0.1, -0.05) is 6.42 Å². The van der Waals surface area contributed by atoms with E-state index < -0.39 is 29.6 Å². The molecular weight excluding hydrogens is 425 g/mol. The van der Waals surface area contributed by atoms with Gasteiger partial charge in [-0.05, 0) is 49.8 Å². The first-order chi connectivity index (χ1) is 15.3. The standard InChI is InChI=1S/C22H29F3N4O3/c23-22(24,25)17-10-15(4-7-18(17)28-8-9-32-13-20(28)30)27-21(31)19(11-26)29(16-5-6-16)12-14-2-1-3-14/h4,7,10,14,16,19H,1-3,5-6,8-9,11-13,26H2,(H,27,31)/t19-/m0/s1. The number of hydrogen-bond donors (Lipinski definition) is 2. The highest BCUT2D eigenvalue weighted by Crippen LogP contribution is 2.39. The molecule has 3 N–H and O–H groups in total. The summed E-state index contributed by atoms with van der Waals surface area (Å²) in [5, 5.41) is 2.63. The molecule has 2 amide bonds. The summed E-state index contributed by atoms with van der Waals surface area (Å²) < 4.78 is 46.4.